The number of aliphatic carboxylic acids is 1. The van der Waals surface area contributed by atoms with Gasteiger partial charge in [0.1, 0.15) is 0 Å². The fourth-order valence-corrected chi connectivity index (χ4v) is 3.06. The highest BCUT2D eigenvalue weighted by atomic mass is 16.4. The van der Waals surface area contributed by atoms with E-state index in [2.05, 4.69) is 0 Å². The molecule has 4 heteroatoms. The minimum absolute atomic E-state index is 0.167. The molecule has 1 heterocycles. The lowest BCUT2D eigenvalue weighted by molar-refractivity contribution is -0.148. The molecule has 1 saturated carbocycles. The molecule has 2 fully saturated rings. The number of carbonyl (C=O) groups is 2. The number of carboxylic acid groups (broad SMARTS) is 1. The smallest absolute Gasteiger partial charge is 0.311 e. The molecule has 1 N–H and O–H groups in total. The molecule has 0 bridgehead atoms. The van der Waals surface area contributed by atoms with Crippen LogP contribution in [0.3, 0.4) is 0 Å². The zero-order chi connectivity index (χ0) is 12.7. The fourth-order valence-electron chi connectivity index (χ4n) is 3.06. The van der Waals surface area contributed by atoms with E-state index in [1.54, 1.807) is 11.8 Å². The first kappa shape index (κ1) is 12.4. The van der Waals surface area contributed by atoms with Crippen molar-refractivity contribution in [3.05, 3.63) is 0 Å². The number of carbonyl (C=O) groups excluding carboxylic acids is 1. The normalized spacial score (nSPS) is 31.8. The molecule has 0 aromatic heterocycles. The van der Waals surface area contributed by atoms with Crippen LogP contribution in [0.25, 0.3) is 0 Å². The Morgan fingerprint density at radius 3 is 2.12 bits per heavy atom. The van der Waals surface area contributed by atoms with E-state index in [-0.39, 0.29) is 11.3 Å². The third-order valence-corrected chi connectivity index (χ3v) is 4.50. The van der Waals surface area contributed by atoms with Gasteiger partial charge < -0.3 is 10.0 Å². The van der Waals surface area contributed by atoms with Crippen LogP contribution in [0.15, 0.2) is 0 Å². The Balaban J connectivity index is 2.06. The number of rotatable bonds is 2. The summed E-state index contributed by atoms with van der Waals surface area (Å²) in [4.78, 5) is 25.3. The van der Waals surface area contributed by atoms with E-state index in [0.29, 0.717) is 19.5 Å². The predicted molar refractivity (Wildman–Crippen MR) is 63.5 cm³/mol. The highest BCUT2D eigenvalue weighted by molar-refractivity contribution is 5.84. The molecule has 1 saturated heterocycles. The Morgan fingerprint density at radius 2 is 1.65 bits per heavy atom. The second kappa shape index (κ2) is 4.00. The van der Waals surface area contributed by atoms with E-state index in [1.165, 1.54) is 0 Å². The van der Waals surface area contributed by atoms with Gasteiger partial charge in [-0.3, -0.25) is 9.59 Å². The van der Waals surface area contributed by atoms with Gasteiger partial charge in [0.2, 0.25) is 5.91 Å². The number of hydrogen-bond donors (Lipinski definition) is 1. The average molecular weight is 239 g/mol. The SMILES string of the molecule is CC1(C(=O)O)CCN(C(=O)C2(C)CCCC2)C1. The van der Waals surface area contributed by atoms with Gasteiger partial charge in [0.15, 0.2) is 0 Å². The quantitative estimate of drug-likeness (QED) is 0.800. The highest BCUT2D eigenvalue weighted by Crippen LogP contribution is 2.41. The van der Waals surface area contributed by atoms with Gasteiger partial charge in [-0.15, -0.1) is 0 Å². The third-order valence-electron chi connectivity index (χ3n) is 4.50. The predicted octanol–water partition coefficient (Wildman–Crippen LogP) is 1.89. The van der Waals surface area contributed by atoms with E-state index in [0.717, 1.165) is 25.7 Å². The number of nitrogens with zero attached hydrogens (tertiary/aromatic N) is 1. The Morgan fingerprint density at radius 1 is 1.06 bits per heavy atom. The van der Waals surface area contributed by atoms with Crippen molar-refractivity contribution in [3.8, 4) is 0 Å². The van der Waals surface area contributed by atoms with Gasteiger partial charge in [-0.1, -0.05) is 19.8 Å². The van der Waals surface area contributed by atoms with Crippen LogP contribution in [0.4, 0.5) is 0 Å². The summed E-state index contributed by atoms with van der Waals surface area (Å²) in [5.41, 5.74) is -0.978. The zero-order valence-corrected chi connectivity index (χ0v) is 10.7. The van der Waals surface area contributed by atoms with Crippen LogP contribution in [0.1, 0.15) is 46.0 Å². The molecule has 17 heavy (non-hydrogen) atoms. The minimum Gasteiger partial charge on any atom is -0.481 e. The van der Waals surface area contributed by atoms with Crippen molar-refractivity contribution >= 4 is 11.9 Å². The van der Waals surface area contributed by atoms with E-state index in [9.17, 15) is 9.59 Å². The number of amides is 1. The Kier molecular flexibility index (Phi) is 2.92. The van der Waals surface area contributed by atoms with E-state index < -0.39 is 11.4 Å². The molecule has 0 aromatic rings. The molecule has 1 unspecified atom stereocenters. The molecular formula is C13H21NO3. The van der Waals surface area contributed by atoms with Crippen molar-refractivity contribution in [3.63, 3.8) is 0 Å². The molecule has 2 aliphatic rings. The van der Waals surface area contributed by atoms with Crippen LogP contribution >= 0.6 is 0 Å². The van der Waals surface area contributed by atoms with Gasteiger partial charge in [-0.2, -0.15) is 0 Å². The van der Waals surface area contributed by atoms with Crippen LogP contribution in [-0.2, 0) is 9.59 Å². The maximum atomic E-state index is 12.4. The Labute approximate surface area is 102 Å². The summed E-state index contributed by atoms with van der Waals surface area (Å²) in [5, 5.41) is 9.16. The number of carboxylic acids is 1. The largest absolute Gasteiger partial charge is 0.481 e. The summed E-state index contributed by atoms with van der Waals surface area (Å²) < 4.78 is 0. The molecule has 1 atom stereocenters. The summed E-state index contributed by atoms with van der Waals surface area (Å²) in [6, 6.07) is 0. The lowest BCUT2D eigenvalue weighted by atomic mass is 9.86. The molecule has 1 aliphatic heterocycles. The molecule has 2 rings (SSSR count). The first-order chi connectivity index (χ1) is 7.87. The van der Waals surface area contributed by atoms with Gasteiger partial charge >= 0.3 is 5.97 Å². The van der Waals surface area contributed by atoms with Crippen LogP contribution in [0.5, 0.6) is 0 Å². The molecule has 1 aliphatic carbocycles. The molecule has 4 nitrogen and oxygen atoms in total. The van der Waals surface area contributed by atoms with Crippen LogP contribution in [-0.4, -0.2) is 35.0 Å². The zero-order valence-electron chi connectivity index (χ0n) is 10.7. The Bertz CT molecular complexity index is 347. The first-order valence-electron chi connectivity index (χ1n) is 6.40. The van der Waals surface area contributed by atoms with E-state index in [4.69, 9.17) is 5.11 Å². The molecule has 0 spiro atoms. The number of likely N-dealkylation sites (tertiary alicyclic amines) is 1. The second-order valence-corrected chi connectivity index (χ2v) is 6.11. The first-order valence-corrected chi connectivity index (χ1v) is 6.40. The van der Waals surface area contributed by atoms with Crippen LogP contribution in [0, 0.1) is 10.8 Å². The molecule has 0 aromatic carbocycles. The van der Waals surface area contributed by atoms with Gasteiger partial charge in [0.05, 0.1) is 5.41 Å². The summed E-state index contributed by atoms with van der Waals surface area (Å²) in [6.45, 7) is 4.73. The van der Waals surface area contributed by atoms with E-state index >= 15 is 0 Å². The molecule has 1 amide bonds. The molecular weight excluding hydrogens is 218 g/mol. The minimum atomic E-state index is -0.788. The summed E-state index contributed by atoms with van der Waals surface area (Å²) >= 11 is 0. The number of hydrogen-bond acceptors (Lipinski definition) is 2. The second-order valence-electron chi connectivity index (χ2n) is 6.11. The van der Waals surface area contributed by atoms with Crippen LogP contribution in [0.2, 0.25) is 0 Å². The maximum absolute atomic E-state index is 12.4. The molecule has 0 radical (unpaired) electrons. The maximum Gasteiger partial charge on any atom is 0.311 e. The summed E-state index contributed by atoms with van der Waals surface area (Å²) in [6.07, 6.45) is 4.71. The van der Waals surface area contributed by atoms with E-state index in [1.807, 2.05) is 6.92 Å². The van der Waals surface area contributed by atoms with Crippen molar-refractivity contribution in [1.82, 2.24) is 4.90 Å². The topological polar surface area (TPSA) is 57.6 Å². The van der Waals surface area contributed by atoms with Gasteiger partial charge in [0.25, 0.3) is 0 Å². The monoisotopic (exact) mass is 239 g/mol. The lowest BCUT2D eigenvalue weighted by Crippen LogP contribution is -2.41. The van der Waals surface area contributed by atoms with Crippen molar-refractivity contribution in [2.45, 2.75) is 46.0 Å². The summed E-state index contributed by atoms with van der Waals surface area (Å²) in [5.74, 6) is -0.621. The van der Waals surface area contributed by atoms with Crippen molar-refractivity contribution in [2.24, 2.45) is 10.8 Å². The van der Waals surface area contributed by atoms with Crippen molar-refractivity contribution in [2.75, 3.05) is 13.1 Å². The van der Waals surface area contributed by atoms with Gasteiger partial charge in [-0.05, 0) is 26.2 Å². The Hall–Kier alpha value is -1.06. The standard InChI is InChI=1S/C13H21NO3/c1-12(5-3-4-6-12)10(15)14-8-7-13(2,9-14)11(16)17/h3-9H2,1-2H3,(H,16,17). The molecule has 96 valence electrons. The van der Waals surface area contributed by atoms with Crippen molar-refractivity contribution < 1.29 is 14.7 Å². The fraction of sp³-hybridized carbons (Fsp3) is 0.846. The summed E-state index contributed by atoms with van der Waals surface area (Å²) in [7, 11) is 0. The van der Waals surface area contributed by atoms with Crippen LogP contribution < -0.4 is 0 Å². The average Bonchev–Trinajstić information content (AvgIpc) is 2.86. The third kappa shape index (κ3) is 2.05. The van der Waals surface area contributed by atoms with Gasteiger partial charge in [-0.25, -0.2) is 0 Å². The van der Waals surface area contributed by atoms with Crippen molar-refractivity contribution in [1.29, 1.82) is 0 Å². The lowest BCUT2D eigenvalue weighted by Gasteiger charge is -2.29. The van der Waals surface area contributed by atoms with Gasteiger partial charge in [0, 0.05) is 18.5 Å². The highest BCUT2D eigenvalue weighted by Gasteiger charge is 2.46.